The second-order valence-electron chi connectivity index (χ2n) is 5.89. The highest BCUT2D eigenvalue weighted by atomic mass is 16.5. The number of methoxy groups -OCH3 is 1. The molecule has 7 nitrogen and oxygen atoms in total. The summed E-state index contributed by atoms with van der Waals surface area (Å²) in [5, 5.41) is 6.05. The summed E-state index contributed by atoms with van der Waals surface area (Å²) in [6.45, 7) is 3.02. The molecule has 1 amide bonds. The molecule has 1 atom stereocenters. The van der Waals surface area contributed by atoms with Crippen LogP contribution >= 0.6 is 0 Å². The quantitative estimate of drug-likeness (QED) is 0.839. The summed E-state index contributed by atoms with van der Waals surface area (Å²) in [5.41, 5.74) is 1.15. The number of benzene rings is 1. The number of aryl methyl sites for hydroxylation is 1. The average Bonchev–Trinajstić information content (AvgIpc) is 3.13. The summed E-state index contributed by atoms with van der Waals surface area (Å²) in [6.07, 6.45) is 2.12. The lowest BCUT2D eigenvalue weighted by molar-refractivity contribution is 0.0853. The highest BCUT2D eigenvalue weighted by Crippen LogP contribution is 2.20. The number of aromatic nitrogens is 2. The Bertz CT molecular complexity index is 745. The predicted octanol–water partition coefficient (Wildman–Crippen LogP) is 2.45. The molecule has 0 spiro atoms. The number of rotatable bonds is 6. The number of carbonyl (C=O) groups excluding carboxylic acids is 1. The number of carbonyl (C=O) groups is 1. The van der Waals surface area contributed by atoms with Gasteiger partial charge in [-0.15, -0.1) is 0 Å². The number of hydrogen-bond donors (Lipinski definition) is 2. The maximum Gasteiger partial charge on any atom is 0.270 e. The van der Waals surface area contributed by atoms with E-state index in [1.807, 2.05) is 24.3 Å². The van der Waals surface area contributed by atoms with E-state index in [9.17, 15) is 4.79 Å². The van der Waals surface area contributed by atoms with Crippen LogP contribution in [0.15, 0.2) is 30.3 Å². The van der Waals surface area contributed by atoms with Gasteiger partial charge in [-0.1, -0.05) is 6.07 Å². The lowest BCUT2D eigenvalue weighted by atomic mass is 10.2. The Hall–Kier alpha value is -2.67. The van der Waals surface area contributed by atoms with Crippen LogP contribution in [0.3, 0.4) is 0 Å². The zero-order valence-corrected chi connectivity index (χ0v) is 14.4. The third kappa shape index (κ3) is 4.67. The van der Waals surface area contributed by atoms with Gasteiger partial charge >= 0.3 is 0 Å². The van der Waals surface area contributed by atoms with Crippen molar-refractivity contribution in [1.29, 1.82) is 0 Å². The SMILES string of the molecule is COc1cccc(Nc2cc(C(=O)NCC3CCCO3)nc(C)n2)c1. The number of anilines is 2. The minimum absolute atomic E-state index is 0.0984. The van der Waals surface area contributed by atoms with Crippen molar-refractivity contribution in [3.8, 4) is 5.75 Å². The van der Waals surface area contributed by atoms with E-state index in [2.05, 4.69) is 20.6 Å². The summed E-state index contributed by atoms with van der Waals surface area (Å²) in [6, 6.07) is 9.13. The number of nitrogens with one attached hydrogen (secondary N) is 2. The molecule has 1 aliphatic heterocycles. The molecule has 2 heterocycles. The fourth-order valence-corrected chi connectivity index (χ4v) is 2.70. The smallest absolute Gasteiger partial charge is 0.270 e. The van der Waals surface area contributed by atoms with E-state index >= 15 is 0 Å². The molecular formula is C18H22N4O3. The van der Waals surface area contributed by atoms with Crippen LogP contribution in [0.2, 0.25) is 0 Å². The molecule has 1 aromatic heterocycles. The van der Waals surface area contributed by atoms with Crippen LogP contribution in [0, 0.1) is 6.92 Å². The molecule has 2 aromatic rings. The second-order valence-corrected chi connectivity index (χ2v) is 5.89. The normalized spacial score (nSPS) is 16.5. The third-order valence-electron chi connectivity index (χ3n) is 3.93. The highest BCUT2D eigenvalue weighted by molar-refractivity contribution is 5.93. The van der Waals surface area contributed by atoms with Crippen LogP contribution in [-0.2, 0) is 4.74 Å². The summed E-state index contributed by atoms with van der Waals surface area (Å²) >= 11 is 0. The average molecular weight is 342 g/mol. The van der Waals surface area contributed by atoms with Crippen molar-refractivity contribution in [1.82, 2.24) is 15.3 Å². The molecule has 0 radical (unpaired) electrons. The van der Waals surface area contributed by atoms with Gasteiger partial charge in [0.2, 0.25) is 0 Å². The number of amides is 1. The molecule has 1 unspecified atom stereocenters. The van der Waals surface area contributed by atoms with Crippen molar-refractivity contribution < 1.29 is 14.3 Å². The van der Waals surface area contributed by atoms with Gasteiger partial charge in [-0.05, 0) is 31.9 Å². The first-order valence-electron chi connectivity index (χ1n) is 8.30. The first kappa shape index (κ1) is 17.2. The Morgan fingerprint density at radius 1 is 1.36 bits per heavy atom. The predicted molar refractivity (Wildman–Crippen MR) is 94.4 cm³/mol. The van der Waals surface area contributed by atoms with Gasteiger partial charge in [-0.25, -0.2) is 9.97 Å². The number of ether oxygens (including phenoxy) is 2. The molecule has 0 saturated carbocycles. The zero-order chi connectivity index (χ0) is 17.6. The van der Waals surface area contributed by atoms with Crippen LogP contribution in [0.1, 0.15) is 29.2 Å². The van der Waals surface area contributed by atoms with E-state index in [-0.39, 0.29) is 12.0 Å². The monoisotopic (exact) mass is 342 g/mol. The lowest BCUT2D eigenvalue weighted by Crippen LogP contribution is -2.32. The minimum atomic E-state index is -0.227. The molecule has 0 aliphatic carbocycles. The van der Waals surface area contributed by atoms with Crippen molar-refractivity contribution in [2.45, 2.75) is 25.9 Å². The third-order valence-corrected chi connectivity index (χ3v) is 3.93. The Labute approximate surface area is 146 Å². The first-order chi connectivity index (χ1) is 12.1. The minimum Gasteiger partial charge on any atom is -0.497 e. The van der Waals surface area contributed by atoms with E-state index in [0.717, 1.165) is 30.9 Å². The highest BCUT2D eigenvalue weighted by Gasteiger charge is 2.17. The Balaban J connectivity index is 1.69. The topological polar surface area (TPSA) is 85.4 Å². The molecular weight excluding hydrogens is 320 g/mol. The van der Waals surface area contributed by atoms with Crippen LogP contribution < -0.4 is 15.4 Å². The van der Waals surface area contributed by atoms with Gasteiger partial charge in [0.05, 0.1) is 13.2 Å². The fourth-order valence-electron chi connectivity index (χ4n) is 2.70. The van der Waals surface area contributed by atoms with Crippen molar-refractivity contribution in [3.05, 3.63) is 41.9 Å². The van der Waals surface area contributed by atoms with Crippen molar-refractivity contribution >= 4 is 17.4 Å². The summed E-state index contributed by atoms with van der Waals surface area (Å²) < 4.78 is 10.7. The maximum absolute atomic E-state index is 12.4. The van der Waals surface area contributed by atoms with Crippen molar-refractivity contribution in [2.24, 2.45) is 0 Å². The number of hydrogen-bond acceptors (Lipinski definition) is 6. The van der Waals surface area contributed by atoms with Gasteiger partial charge in [0.15, 0.2) is 0 Å². The van der Waals surface area contributed by atoms with Gasteiger partial charge in [0.1, 0.15) is 23.1 Å². The molecule has 7 heteroatoms. The van der Waals surface area contributed by atoms with Gasteiger partial charge in [0, 0.05) is 31.0 Å². The molecule has 1 aliphatic rings. The molecule has 132 valence electrons. The Morgan fingerprint density at radius 2 is 2.24 bits per heavy atom. The standard InChI is InChI=1S/C18H22N4O3/c1-12-20-16(18(23)19-11-15-7-4-8-25-15)10-17(21-12)22-13-5-3-6-14(9-13)24-2/h3,5-6,9-10,15H,4,7-8,11H2,1-2H3,(H,19,23)(H,20,21,22). The molecule has 2 N–H and O–H groups in total. The molecule has 3 rings (SSSR count). The van der Waals surface area contributed by atoms with Crippen LogP contribution in [0.4, 0.5) is 11.5 Å². The van der Waals surface area contributed by atoms with Crippen molar-refractivity contribution in [2.75, 3.05) is 25.6 Å². The van der Waals surface area contributed by atoms with Crippen LogP contribution in [0.5, 0.6) is 5.75 Å². The fraction of sp³-hybridized carbons (Fsp3) is 0.389. The van der Waals surface area contributed by atoms with Gasteiger partial charge in [-0.3, -0.25) is 4.79 Å². The van der Waals surface area contributed by atoms with Crippen LogP contribution in [0.25, 0.3) is 0 Å². The summed E-state index contributed by atoms with van der Waals surface area (Å²) in [5.74, 6) is 1.60. The second kappa shape index (κ2) is 7.94. The van der Waals surface area contributed by atoms with E-state index in [0.29, 0.717) is 23.9 Å². The van der Waals surface area contributed by atoms with Gasteiger partial charge in [-0.2, -0.15) is 0 Å². The van der Waals surface area contributed by atoms with Gasteiger partial charge in [0.25, 0.3) is 5.91 Å². The van der Waals surface area contributed by atoms with Gasteiger partial charge < -0.3 is 20.1 Å². The van der Waals surface area contributed by atoms with E-state index in [4.69, 9.17) is 9.47 Å². The van der Waals surface area contributed by atoms with E-state index in [1.54, 1.807) is 20.1 Å². The zero-order valence-electron chi connectivity index (χ0n) is 14.4. The Morgan fingerprint density at radius 3 is 3.00 bits per heavy atom. The summed E-state index contributed by atoms with van der Waals surface area (Å²) in [7, 11) is 1.62. The molecule has 25 heavy (non-hydrogen) atoms. The lowest BCUT2D eigenvalue weighted by Gasteiger charge is -2.12. The molecule has 1 aromatic carbocycles. The van der Waals surface area contributed by atoms with Crippen LogP contribution in [-0.4, -0.2) is 42.2 Å². The summed E-state index contributed by atoms with van der Waals surface area (Å²) in [4.78, 5) is 20.9. The Kier molecular flexibility index (Phi) is 5.45. The van der Waals surface area contributed by atoms with E-state index < -0.39 is 0 Å². The maximum atomic E-state index is 12.4. The van der Waals surface area contributed by atoms with E-state index in [1.165, 1.54) is 0 Å². The molecule has 1 saturated heterocycles. The first-order valence-corrected chi connectivity index (χ1v) is 8.30. The molecule has 1 fully saturated rings. The molecule has 0 bridgehead atoms. The largest absolute Gasteiger partial charge is 0.497 e. The van der Waals surface area contributed by atoms with Crippen molar-refractivity contribution in [3.63, 3.8) is 0 Å². The number of nitrogens with zero attached hydrogens (tertiary/aromatic N) is 2.